The van der Waals surface area contributed by atoms with E-state index in [2.05, 4.69) is 0 Å². The quantitative estimate of drug-likeness (QED) is 0.263. The number of benzene rings is 4. The van der Waals surface area contributed by atoms with E-state index >= 15 is 0 Å². The van der Waals surface area contributed by atoms with Crippen LogP contribution in [0.3, 0.4) is 0 Å². The second-order valence-electron chi connectivity index (χ2n) is 9.30. The molecular formula is C34H32O6. The van der Waals surface area contributed by atoms with Crippen LogP contribution in [0.5, 0.6) is 0 Å². The number of ketones is 2. The lowest BCUT2D eigenvalue weighted by Gasteiger charge is -2.24. The zero-order chi connectivity index (χ0) is 28.7. The zero-order valence-corrected chi connectivity index (χ0v) is 22.1. The van der Waals surface area contributed by atoms with Crippen molar-refractivity contribution in [2.45, 2.75) is 25.7 Å². The predicted molar refractivity (Wildman–Crippen MR) is 153 cm³/mol. The van der Waals surface area contributed by atoms with Crippen molar-refractivity contribution >= 4 is 23.5 Å². The maximum absolute atomic E-state index is 11.8. The first-order chi connectivity index (χ1) is 19.4. The largest absolute Gasteiger partial charge is 0.481 e. The summed E-state index contributed by atoms with van der Waals surface area (Å²) in [6.45, 7) is 0. The molecule has 204 valence electrons. The van der Waals surface area contributed by atoms with Gasteiger partial charge in [-0.3, -0.25) is 19.2 Å². The van der Waals surface area contributed by atoms with Crippen molar-refractivity contribution in [1.82, 2.24) is 0 Å². The molecule has 0 radical (unpaired) electrons. The lowest BCUT2D eigenvalue weighted by Crippen LogP contribution is -2.32. The molecule has 6 heteroatoms. The van der Waals surface area contributed by atoms with E-state index in [1.807, 2.05) is 121 Å². The van der Waals surface area contributed by atoms with Crippen molar-refractivity contribution in [3.63, 3.8) is 0 Å². The van der Waals surface area contributed by atoms with Gasteiger partial charge in [-0.15, -0.1) is 0 Å². The van der Waals surface area contributed by atoms with Gasteiger partial charge in [0.25, 0.3) is 0 Å². The highest BCUT2D eigenvalue weighted by molar-refractivity contribution is 6.09. The first-order valence-electron chi connectivity index (χ1n) is 13.1. The molecule has 2 atom stereocenters. The average molecular weight is 537 g/mol. The fraction of sp³-hybridized carbons (Fsp3) is 0.176. The number of hydrogen-bond acceptors (Lipinski definition) is 4. The van der Waals surface area contributed by atoms with Gasteiger partial charge in [0.2, 0.25) is 0 Å². The van der Waals surface area contributed by atoms with Crippen LogP contribution in [0.25, 0.3) is 0 Å². The highest BCUT2D eigenvalue weighted by Gasteiger charge is 2.35. The minimum Gasteiger partial charge on any atom is -0.481 e. The van der Waals surface area contributed by atoms with E-state index in [0.29, 0.717) is 12.8 Å². The third-order valence-corrected chi connectivity index (χ3v) is 6.54. The van der Waals surface area contributed by atoms with E-state index in [0.717, 1.165) is 35.1 Å². The number of hydrogen-bond donors (Lipinski definition) is 2. The first-order valence-corrected chi connectivity index (χ1v) is 13.1. The Kier molecular flexibility index (Phi) is 11.5. The molecule has 40 heavy (non-hydrogen) atoms. The molecule has 1 fully saturated rings. The standard InChI is InChI=1S/2C13H10O.C8H12O4/c2*14-13(11-7-3-1-4-8-11)12-9-5-2-6-10-12;9-7(10)5-3-1-2-4-6(5)8(11)12/h2*1-10H;5-6H,1-4H2,(H,9,10)(H,11,12). The van der Waals surface area contributed by atoms with Crippen LogP contribution in [0, 0.1) is 11.8 Å². The van der Waals surface area contributed by atoms with Gasteiger partial charge in [-0.05, 0) is 12.8 Å². The van der Waals surface area contributed by atoms with Crippen molar-refractivity contribution in [2.24, 2.45) is 11.8 Å². The van der Waals surface area contributed by atoms with Gasteiger partial charge in [-0.2, -0.15) is 0 Å². The molecule has 2 N–H and O–H groups in total. The molecule has 0 heterocycles. The van der Waals surface area contributed by atoms with Crippen LogP contribution in [0.15, 0.2) is 121 Å². The minimum absolute atomic E-state index is 0.0752. The van der Waals surface area contributed by atoms with Gasteiger partial charge in [-0.1, -0.05) is 134 Å². The minimum atomic E-state index is -0.970. The third-order valence-electron chi connectivity index (χ3n) is 6.54. The van der Waals surface area contributed by atoms with Crippen LogP contribution in [0.1, 0.15) is 57.5 Å². The second-order valence-corrected chi connectivity index (χ2v) is 9.30. The fourth-order valence-corrected chi connectivity index (χ4v) is 4.41. The molecule has 0 aromatic heterocycles. The molecule has 0 aliphatic heterocycles. The number of carbonyl (C=O) groups is 4. The number of carbonyl (C=O) groups excluding carboxylic acids is 2. The Morgan fingerprint density at radius 2 is 0.650 bits per heavy atom. The predicted octanol–water partition coefficient (Wildman–Crippen LogP) is 6.80. The SMILES string of the molecule is O=C(O)C1CCCCC1C(=O)O.O=C(c1ccccc1)c1ccccc1.O=C(c1ccccc1)c1ccccc1. The highest BCUT2D eigenvalue weighted by Crippen LogP contribution is 2.30. The summed E-state index contributed by atoms with van der Waals surface area (Å²) in [7, 11) is 0. The Morgan fingerprint density at radius 1 is 0.425 bits per heavy atom. The number of aliphatic carboxylic acids is 2. The molecule has 4 aromatic carbocycles. The third kappa shape index (κ3) is 8.88. The van der Waals surface area contributed by atoms with Gasteiger partial charge < -0.3 is 10.2 Å². The Morgan fingerprint density at radius 3 is 0.850 bits per heavy atom. The lowest BCUT2D eigenvalue weighted by atomic mass is 9.79. The molecule has 1 aliphatic carbocycles. The van der Waals surface area contributed by atoms with Crippen LogP contribution in [0.4, 0.5) is 0 Å². The molecule has 4 aromatic rings. The Bertz CT molecular complexity index is 1180. The molecular weight excluding hydrogens is 504 g/mol. The monoisotopic (exact) mass is 536 g/mol. The first kappa shape index (κ1) is 29.7. The molecule has 0 amide bonds. The van der Waals surface area contributed by atoms with E-state index in [-0.39, 0.29) is 11.6 Å². The molecule has 0 bridgehead atoms. The summed E-state index contributed by atoms with van der Waals surface area (Å²) >= 11 is 0. The van der Waals surface area contributed by atoms with Crippen LogP contribution in [-0.4, -0.2) is 33.7 Å². The van der Waals surface area contributed by atoms with E-state index < -0.39 is 23.8 Å². The summed E-state index contributed by atoms with van der Waals surface area (Å²) < 4.78 is 0. The van der Waals surface area contributed by atoms with Crippen LogP contribution in [-0.2, 0) is 9.59 Å². The molecule has 1 aliphatic rings. The molecule has 5 rings (SSSR count). The maximum atomic E-state index is 11.8. The van der Waals surface area contributed by atoms with Crippen LogP contribution in [0.2, 0.25) is 0 Å². The summed E-state index contributed by atoms with van der Waals surface area (Å²) in [6.07, 6.45) is 2.68. The molecule has 6 nitrogen and oxygen atoms in total. The summed E-state index contributed by atoms with van der Waals surface area (Å²) in [5.74, 6) is -3.13. The molecule has 2 unspecified atom stereocenters. The Hall–Kier alpha value is -4.84. The topological polar surface area (TPSA) is 109 Å². The van der Waals surface area contributed by atoms with Gasteiger partial charge in [0.05, 0.1) is 11.8 Å². The summed E-state index contributed by atoms with van der Waals surface area (Å²) in [4.78, 5) is 44.9. The van der Waals surface area contributed by atoms with Gasteiger partial charge in [0.15, 0.2) is 11.6 Å². The smallest absolute Gasteiger partial charge is 0.307 e. The zero-order valence-electron chi connectivity index (χ0n) is 22.1. The van der Waals surface area contributed by atoms with Crippen molar-refractivity contribution in [3.8, 4) is 0 Å². The Balaban J connectivity index is 0.000000166. The number of carboxylic acid groups (broad SMARTS) is 2. The second kappa shape index (κ2) is 15.5. The molecule has 0 spiro atoms. The van der Waals surface area contributed by atoms with Crippen molar-refractivity contribution in [1.29, 1.82) is 0 Å². The van der Waals surface area contributed by atoms with E-state index in [1.165, 1.54) is 0 Å². The Labute approximate surface area is 233 Å². The van der Waals surface area contributed by atoms with Gasteiger partial charge in [-0.25, -0.2) is 0 Å². The maximum Gasteiger partial charge on any atom is 0.307 e. The van der Waals surface area contributed by atoms with Crippen molar-refractivity contribution in [2.75, 3.05) is 0 Å². The molecule has 0 saturated heterocycles. The van der Waals surface area contributed by atoms with Crippen LogP contribution < -0.4 is 0 Å². The van der Waals surface area contributed by atoms with E-state index in [9.17, 15) is 19.2 Å². The lowest BCUT2D eigenvalue weighted by molar-refractivity contribution is -0.155. The summed E-state index contributed by atoms with van der Waals surface area (Å²) in [6, 6.07) is 37.2. The van der Waals surface area contributed by atoms with Gasteiger partial charge in [0.1, 0.15) is 0 Å². The van der Waals surface area contributed by atoms with Gasteiger partial charge in [0, 0.05) is 22.3 Å². The van der Waals surface area contributed by atoms with Crippen LogP contribution >= 0.6 is 0 Å². The fourth-order valence-electron chi connectivity index (χ4n) is 4.41. The van der Waals surface area contributed by atoms with E-state index in [1.54, 1.807) is 0 Å². The summed E-state index contributed by atoms with van der Waals surface area (Å²) in [5, 5.41) is 17.4. The van der Waals surface area contributed by atoms with Gasteiger partial charge >= 0.3 is 11.9 Å². The summed E-state index contributed by atoms with van der Waals surface area (Å²) in [5.41, 5.74) is 2.94. The van der Waals surface area contributed by atoms with Crippen molar-refractivity contribution < 1.29 is 29.4 Å². The number of rotatable bonds is 6. The van der Waals surface area contributed by atoms with E-state index in [4.69, 9.17) is 10.2 Å². The number of carboxylic acids is 2. The van der Waals surface area contributed by atoms with Crippen molar-refractivity contribution in [3.05, 3.63) is 144 Å². The molecule has 1 saturated carbocycles. The normalized spacial score (nSPS) is 15.7. The highest BCUT2D eigenvalue weighted by atomic mass is 16.4. The average Bonchev–Trinajstić information content (AvgIpc) is 3.02.